The Bertz CT molecular complexity index is 482. The number of methoxy groups -OCH3 is 1. The van der Waals surface area contributed by atoms with Crippen molar-refractivity contribution in [3.8, 4) is 6.07 Å². The highest BCUT2D eigenvalue weighted by molar-refractivity contribution is 8.00. The van der Waals surface area contributed by atoms with Crippen LogP contribution in [0.1, 0.15) is 10.4 Å². The number of rotatable bonds is 5. The highest BCUT2D eigenvalue weighted by Gasteiger charge is 2.12. The van der Waals surface area contributed by atoms with Crippen molar-refractivity contribution in [3.05, 3.63) is 29.8 Å². The number of nitriles is 1. The average Bonchev–Trinajstić information content (AvgIpc) is 2.39. The minimum absolute atomic E-state index is 0.170. The molecule has 0 fully saturated rings. The van der Waals surface area contributed by atoms with Crippen LogP contribution in [0.2, 0.25) is 0 Å². The van der Waals surface area contributed by atoms with E-state index in [1.54, 1.807) is 24.3 Å². The van der Waals surface area contributed by atoms with Gasteiger partial charge in [0.05, 0.1) is 35.9 Å². The van der Waals surface area contributed by atoms with Crippen LogP contribution in [0.3, 0.4) is 0 Å². The van der Waals surface area contributed by atoms with Crippen LogP contribution in [-0.4, -0.2) is 30.5 Å². The summed E-state index contributed by atoms with van der Waals surface area (Å²) in [5.74, 6) is -0.336. The van der Waals surface area contributed by atoms with Gasteiger partial charge in [-0.3, -0.25) is 4.79 Å². The van der Waals surface area contributed by atoms with Gasteiger partial charge in [0.1, 0.15) is 0 Å². The number of amides is 1. The number of hydrogen-bond donors (Lipinski definition) is 1. The Kier molecular flexibility index (Phi) is 5.74. The molecule has 0 heterocycles. The van der Waals surface area contributed by atoms with E-state index in [0.717, 1.165) is 0 Å². The van der Waals surface area contributed by atoms with Gasteiger partial charge >= 0.3 is 5.97 Å². The summed E-state index contributed by atoms with van der Waals surface area (Å²) in [4.78, 5) is 23.0. The Hall–Kier alpha value is -2.00. The molecule has 5 nitrogen and oxygen atoms in total. The van der Waals surface area contributed by atoms with Crippen LogP contribution < -0.4 is 5.32 Å². The van der Waals surface area contributed by atoms with Crippen molar-refractivity contribution in [3.63, 3.8) is 0 Å². The van der Waals surface area contributed by atoms with Crippen molar-refractivity contribution in [2.24, 2.45) is 0 Å². The predicted octanol–water partition coefficient (Wildman–Crippen LogP) is 1.67. The Balaban J connectivity index is 2.70. The number of hydrogen-bond acceptors (Lipinski definition) is 5. The third kappa shape index (κ3) is 4.11. The molecule has 0 aliphatic heterocycles. The van der Waals surface area contributed by atoms with Crippen LogP contribution in [0, 0.1) is 11.3 Å². The van der Waals surface area contributed by atoms with E-state index in [9.17, 15) is 9.59 Å². The second kappa shape index (κ2) is 7.35. The molecule has 1 amide bonds. The van der Waals surface area contributed by atoms with Crippen LogP contribution in [0.4, 0.5) is 5.69 Å². The molecule has 0 saturated carbocycles. The Morgan fingerprint density at radius 3 is 2.83 bits per heavy atom. The number of carbonyl (C=O) groups excluding carboxylic acids is 2. The van der Waals surface area contributed by atoms with Gasteiger partial charge in [-0.25, -0.2) is 4.79 Å². The fraction of sp³-hybridized carbons (Fsp3) is 0.250. The SMILES string of the molecule is COC(=O)c1ccccc1NC(=O)CSCC#N. The van der Waals surface area contributed by atoms with Crippen molar-refractivity contribution >= 4 is 29.3 Å². The quantitative estimate of drug-likeness (QED) is 0.646. The Labute approximate surface area is 109 Å². The van der Waals surface area contributed by atoms with E-state index in [2.05, 4.69) is 10.1 Å². The lowest BCUT2D eigenvalue weighted by molar-refractivity contribution is -0.113. The summed E-state index contributed by atoms with van der Waals surface area (Å²) in [6.45, 7) is 0. The molecule has 94 valence electrons. The number of benzene rings is 1. The zero-order valence-corrected chi connectivity index (χ0v) is 10.6. The van der Waals surface area contributed by atoms with Gasteiger partial charge in [-0.1, -0.05) is 12.1 Å². The molecule has 0 spiro atoms. The minimum Gasteiger partial charge on any atom is -0.465 e. The number of ether oxygens (including phenoxy) is 1. The molecule has 1 rings (SSSR count). The van der Waals surface area contributed by atoms with E-state index in [0.29, 0.717) is 11.3 Å². The number of thioether (sulfide) groups is 1. The first-order chi connectivity index (χ1) is 8.69. The molecular weight excluding hydrogens is 252 g/mol. The molecule has 0 radical (unpaired) electrons. The van der Waals surface area contributed by atoms with Crippen LogP contribution >= 0.6 is 11.8 Å². The van der Waals surface area contributed by atoms with Crippen molar-refractivity contribution in [2.45, 2.75) is 0 Å². The molecule has 0 bridgehead atoms. The van der Waals surface area contributed by atoms with E-state index in [-0.39, 0.29) is 17.4 Å². The van der Waals surface area contributed by atoms with E-state index in [4.69, 9.17) is 5.26 Å². The molecular formula is C12H12N2O3S. The van der Waals surface area contributed by atoms with Gasteiger partial charge in [0.2, 0.25) is 5.91 Å². The topological polar surface area (TPSA) is 79.2 Å². The molecule has 1 aromatic rings. The van der Waals surface area contributed by atoms with Gasteiger partial charge < -0.3 is 10.1 Å². The largest absolute Gasteiger partial charge is 0.465 e. The van der Waals surface area contributed by atoms with Crippen LogP contribution in [-0.2, 0) is 9.53 Å². The zero-order valence-electron chi connectivity index (χ0n) is 9.80. The van der Waals surface area contributed by atoms with Gasteiger partial charge in [-0.15, -0.1) is 11.8 Å². The van der Waals surface area contributed by atoms with Gasteiger partial charge in [0.25, 0.3) is 0 Å². The molecule has 1 N–H and O–H groups in total. The van der Waals surface area contributed by atoms with E-state index >= 15 is 0 Å². The summed E-state index contributed by atoms with van der Waals surface area (Å²) in [7, 11) is 1.28. The molecule has 0 aromatic heterocycles. The maximum Gasteiger partial charge on any atom is 0.339 e. The second-order valence-corrected chi connectivity index (χ2v) is 4.22. The van der Waals surface area contributed by atoms with Crippen LogP contribution in [0.15, 0.2) is 24.3 Å². The number of esters is 1. The lowest BCUT2D eigenvalue weighted by atomic mass is 10.2. The van der Waals surface area contributed by atoms with Gasteiger partial charge in [-0.2, -0.15) is 5.26 Å². The van der Waals surface area contributed by atoms with Crippen LogP contribution in [0.25, 0.3) is 0 Å². The number of para-hydroxylation sites is 1. The van der Waals surface area contributed by atoms with Gasteiger partial charge in [0.15, 0.2) is 0 Å². The summed E-state index contributed by atoms with van der Waals surface area (Å²) in [5, 5.41) is 11.0. The summed E-state index contributed by atoms with van der Waals surface area (Å²) in [6.07, 6.45) is 0. The van der Waals surface area contributed by atoms with E-state index in [1.165, 1.54) is 18.9 Å². The van der Waals surface area contributed by atoms with Crippen molar-refractivity contribution < 1.29 is 14.3 Å². The summed E-state index contributed by atoms with van der Waals surface area (Å²) in [6, 6.07) is 8.53. The molecule has 0 atom stereocenters. The molecule has 6 heteroatoms. The molecule has 1 aromatic carbocycles. The third-order valence-electron chi connectivity index (χ3n) is 2.01. The summed E-state index contributed by atoms with van der Waals surface area (Å²) < 4.78 is 4.62. The summed E-state index contributed by atoms with van der Waals surface area (Å²) in [5.41, 5.74) is 0.713. The van der Waals surface area contributed by atoms with Crippen molar-refractivity contribution in [1.29, 1.82) is 5.26 Å². The number of anilines is 1. The normalized spacial score (nSPS) is 9.33. The van der Waals surface area contributed by atoms with Gasteiger partial charge in [0, 0.05) is 0 Å². The smallest absolute Gasteiger partial charge is 0.339 e. The first kappa shape index (κ1) is 14.1. The fourth-order valence-corrected chi connectivity index (χ4v) is 1.71. The van der Waals surface area contributed by atoms with Crippen LogP contribution in [0.5, 0.6) is 0 Å². The highest BCUT2D eigenvalue weighted by Crippen LogP contribution is 2.16. The lowest BCUT2D eigenvalue weighted by Gasteiger charge is -2.08. The number of nitrogens with one attached hydrogen (secondary N) is 1. The second-order valence-electron chi connectivity index (χ2n) is 3.24. The lowest BCUT2D eigenvalue weighted by Crippen LogP contribution is -2.17. The highest BCUT2D eigenvalue weighted by atomic mass is 32.2. The van der Waals surface area contributed by atoms with Crippen molar-refractivity contribution in [2.75, 3.05) is 23.9 Å². The monoisotopic (exact) mass is 264 g/mol. The molecule has 0 unspecified atom stereocenters. The minimum atomic E-state index is -0.504. The third-order valence-corrected chi connectivity index (χ3v) is 2.81. The van der Waals surface area contributed by atoms with E-state index < -0.39 is 5.97 Å². The molecule has 0 aliphatic carbocycles. The maximum absolute atomic E-state index is 11.6. The zero-order chi connectivity index (χ0) is 13.4. The summed E-state index contributed by atoms with van der Waals surface area (Å²) >= 11 is 1.21. The maximum atomic E-state index is 11.6. The first-order valence-corrected chi connectivity index (χ1v) is 6.26. The molecule has 0 aliphatic rings. The number of carbonyl (C=O) groups is 2. The van der Waals surface area contributed by atoms with E-state index in [1.807, 2.05) is 6.07 Å². The standard InChI is InChI=1S/C12H12N2O3S/c1-17-12(16)9-4-2-3-5-10(9)14-11(15)8-18-7-6-13/h2-5H,7-8H2,1H3,(H,14,15). The molecule has 18 heavy (non-hydrogen) atoms. The predicted molar refractivity (Wildman–Crippen MR) is 69.3 cm³/mol. The average molecular weight is 264 g/mol. The van der Waals surface area contributed by atoms with Gasteiger partial charge in [-0.05, 0) is 12.1 Å². The number of nitrogens with zero attached hydrogens (tertiary/aromatic N) is 1. The first-order valence-electron chi connectivity index (χ1n) is 5.11. The molecule has 0 saturated heterocycles. The Morgan fingerprint density at radius 2 is 2.17 bits per heavy atom. The van der Waals surface area contributed by atoms with Crippen molar-refractivity contribution in [1.82, 2.24) is 0 Å². The Morgan fingerprint density at radius 1 is 1.44 bits per heavy atom. The fourth-order valence-electron chi connectivity index (χ4n) is 1.26.